The number of rotatable bonds is 6. The maximum Gasteiger partial charge on any atom is 0.251 e. The minimum absolute atomic E-state index is 0.127. The average Bonchev–Trinajstić information content (AvgIpc) is 2.67. The average molecular weight is 399 g/mol. The van der Waals surface area contributed by atoms with Crippen LogP contribution in [0.1, 0.15) is 29.8 Å². The molecule has 0 bridgehead atoms. The number of pyridine rings is 1. The highest BCUT2D eigenvalue weighted by molar-refractivity contribution is 6.29. The lowest BCUT2D eigenvalue weighted by Crippen LogP contribution is -2.37. The number of anilines is 1. The van der Waals surface area contributed by atoms with Gasteiger partial charge in [-0.15, -0.1) is 0 Å². The number of aryl methyl sites for hydroxylation is 1. The van der Waals surface area contributed by atoms with Crippen molar-refractivity contribution in [2.45, 2.75) is 20.8 Å². The highest BCUT2D eigenvalue weighted by Crippen LogP contribution is 2.15. The largest absolute Gasteiger partial charge is 0.351 e. The number of halogens is 1. The first-order valence-electron chi connectivity index (χ1n) is 8.72. The smallest absolute Gasteiger partial charge is 0.251 e. The zero-order valence-corrected chi connectivity index (χ0v) is 16.8. The number of amides is 1. The standard InChI is InChI=1S/C20H23ClN6O/c1-14-4-6-15(7-5-14)18(28)24-11-20(2,3)12-25-19(26-13-22)27-16-8-9-17(21)23-10-16/h4-10H,11-12H2,1-3H3,(H,24,28)(H2,25,26,27). The fraction of sp³-hybridized carbons (Fsp3) is 0.300. The Morgan fingerprint density at radius 3 is 2.57 bits per heavy atom. The van der Waals surface area contributed by atoms with Gasteiger partial charge in [0.15, 0.2) is 6.19 Å². The van der Waals surface area contributed by atoms with Crippen LogP contribution in [-0.4, -0.2) is 29.9 Å². The van der Waals surface area contributed by atoms with Crippen LogP contribution in [0.4, 0.5) is 5.69 Å². The number of nitrogens with zero attached hydrogens (tertiary/aromatic N) is 3. The van der Waals surface area contributed by atoms with Crippen LogP contribution >= 0.6 is 11.6 Å². The molecule has 0 aliphatic heterocycles. The lowest BCUT2D eigenvalue weighted by atomic mass is 9.93. The number of guanidine groups is 1. The molecule has 0 atom stereocenters. The van der Waals surface area contributed by atoms with Crippen molar-refractivity contribution in [3.05, 3.63) is 58.9 Å². The Hall–Kier alpha value is -3.11. The first-order chi connectivity index (χ1) is 13.3. The number of aliphatic imine (C=N–C) groups is 1. The van der Waals surface area contributed by atoms with Crippen molar-refractivity contribution in [2.75, 3.05) is 18.4 Å². The molecule has 0 aliphatic rings. The number of aromatic nitrogens is 1. The molecule has 146 valence electrons. The predicted octanol–water partition coefficient (Wildman–Crippen LogP) is 3.34. The Morgan fingerprint density at radius 2 is 1.96 bits per heavy atom. The van der Waals surface area contributed by atoms with Gasteiger partial charge in [0.1, 0.15) is 5.15 Å². The summed E-state index contributed by atoms with van der Waals surface area (Å²) in [6.07, 6.45) is 3.40. The molecule has 0 spiro atoms. The minimum atomic E-state index is -0.317. The van der Waals surface area contributed by atoms with Crippen molar-refractivity contribution < 1.29 is 4.79 Å². The first kappa shape index (κ1) is 21.2. The number of benzene rings is 1. The first-order valence-corrected chi connectivity index (χ1v) is 9.10. The maximum atomic E-state index is 12.3. The minimum Gasteiger partial charge on any atom is -0.351 e. The summed E-state index contributed by atoms with van der Waals surface area (Å²) < 4.78 is 0. The molecule has 1 aromatic heterocycles. The van der Waals surface area contributed by atoms with E-state index in [4.69, 9.17) is 16.9 Å². The van der Waals surface area contributed by atoms with E-state index in [2.05, 4.69) is 25.9 Å². The summed E-state index contributed by atoms with van der Waals surface area (Å²) in [5.74, 6) is 0.169. The molecule has 7 nitrogen and oxygen atoms in total. The van der Waals surface area contributed by atoms with E-state index in [0.29, 0.717) is 35.5 Å². The zero-order valence-electron chi connectivity index (χ0n) is 16.1. The van der Waals surface area contributed by atoms with Crippen molar-refractivity contribution in [2.24, 2.45) is 10.4 Å². The van der Waals surface area contributed by atoms with Gasteiger partial charge in [-0.1, -0.05) is 43.1 Å². The van der Waals surface area contributed by atoms with Crippen molar-refractivity contribution in [1.29, 1.82) is 5.26 Å². The fourth-order valence-corrected chi connectivity index (χ4v) is 2.34. The van der Waals surface area contributed by atoms with Gasteiger partial charge in [-0.25, -0.2) is 4.98 Å². The van der Waals surface area contributed by atoms with Crippen LogP contribution in [0.2, 0.25) is 5.15 Å². The molecule has 0 radical (unpaired) electrons. The molecular weight excluding hydrogens is 376 g/mol. The van der Waals surface area contributed by atoms with Gasteiger partial charge < -0.3 is 10.6 Å². The Bertz CT molecular complexity index is 869. The van der Waals surface area contributed by atoms with Gasteiger partial charge in [0.25, 0.3) is 5.91 Å². The van der Waals surface area contributed by atoms with E-state index < -0.39 is 0 Å². The molecule has 2 rings (SSSR count). The molecule has 0 saturated heterocycles. The number of nitrogens with one attached hydrogen (secondary N) is 3. The zero-order chi connectivity index (χ0) is 20.6. The molecule has 8 heteroatoms. The van der Waals surface area contributed by atoms with E-state index in [-0.39, 0.29) is 11.3 Å². The topological polar surface area (TPSA) is 102 Å². The molecular formula is C20H23ClN6O. The van der Waals surface area contributed by atoms with Gasteiger partial charge in [0.05, 0.1) is 11.9 Å². The molecule has 1 heterocycles. The summed E-state index contributed by atoms with van der Waals surface area (Å²) in [5, 5.41) is 17.7. The van der Waals surface area contributed by atoms with Gasteiger partial charge >= 0.3 is 0 Å². The van der Waals surface area contributed by atoms with E-state index in [1.165, 1.54) is 0 Å². The maximum absolute atomic E-state index is 12.3. The number of hydrogen-bond donors (Lipinski definition) is 3. The molecule has 28 heavy (non-hydrogen) atoms. The van der Waals surface area contributed by atoms with E-state index in [1.807, 2.05) is 39.1 Å². The summed E-state index contributed by atoms with van der Waals surface area (Å²) in [5.41, 5.74) is 2.06. The second-order valence-electron chi connectivity index (χ2n) is 7.11. The molecule has 3 N–H and O–H groups in total. The normalized spacial score (nSPS) is 11.5. The van der Waals surface area contributed by atoms with E-state index >= 15 is 0 Å². The van der Waals surface area contributed by atoms with E-state index in [0.717, 1.165) is 5.56 Å². The van der Waals surface area contributed by atoms with Gasteiger partial charge in [-0.3, -0.25) is 15.1 Å². The molecule has 2 aromatic rings. The lowest BCUT2D eigenvalue weighted by Gasteiger charge is -2.23. The van der Waals surface area contributed by atoms with Crippen molar-refractivity contribution >= 4 is 29.2 Å². The summed E-state index contributed by atoms with van der Waals surface area (Å²) in [6, 6.07) is 10.8. The third kappa shape index (κ3) is 6.89. The fourth-order valence-electron chi connectivity index (χ4n) is 2.23. The van der Waals surface area contributed by atoms with E-state index in [9.17, 15) is 4.79 Å². The molecule has 0 unspecified atom stereocenters. The molecule has 0 fully saturated rings. The Kier molecular flexibility index (Phi) is 7.36. The third-order valence-electron chi connectivity index (χ3n) is 3.87. The molecule has 0 aliphatic carbocycles. The summed E-state index contributed by atoms with van der Waals surface area (Å²) >= 11 is 5.77. The monoisotopic (exact) mass is 398 g/mol. The van der Waals surface area contributed by atoms with E-state index in [1.54, 1.807) is 30.5 Å². The summed E-state index contributed by atoms with van der Waals surface area (Å²) in [4.78, 5) is 20.7. The third-order valence-corrected chi connectivity index (χ3v) is 4.09. The highest BCUT2D eigenvalue weighted by Gasteiger charge is 2.19. The van der Waals surface area contributed by atoms with Crippen LogP contribution in [0, 0.1) is 23.8 Å². The van der Waals surface area contributed by atoms with Crippen LogP contribution < -0.4 is 16.0 Å². The second-order valence-corrected chi connectivity index (χ2v) is 7.50. The van der Waals surface area contributed by atoms with Crippen molar-refractivity contribution in [3.63, 3.8) is 0 Å². The summed E-state index contributed by atoms with van der Waals surface area (Å²) in [7, 11) is 0. The van der Waals surface area contributed by atoms with Crippen molar-refractivity contribution in [3.8, 4) is 6.19 Å². The highest BCUT2D eigenvalue weighted by atomic mass is 35.5. The van der Waals surface area contributed by atoms with Gasteiger partial charge in [-0.05, 0) is 31.2 Å². The Labute approximate surface area is 169 Å². The number of hydrogen-bond acceptors (Lipinski definition) is 4. The van der Waals surface area contributed by atoms with Crippen LogP contribution in [0.5, 0.6) is 0 Å². The molecule has 1 amide bonds. The Balaban J connectivity index is 1.95. The van der Waals surface area contributed by atoms with Crippen LogP contribution in [0.25, 0.3) is 0 Å². The summed E-state index contributed by atoms with van der Waals surface area (Å²) in [6.45, 7) is 6.77. The van der Waals surface area contributed by atoms with Gasteiger partial charge in [0, 0.05) is 24.1 Å². The van der Waals surface area contributed by atoms with Gasteiger partial charge in [0.2, 0.25) is 5.96 Å². The Morgan fingerprint density at radius 1 is 1.25 bits per heavy atom. The van der Waals surface area contributed by atoms with Crippen LogP contribution in [0.15, 0.2) is 47.6 Å². The van der Waals surface area contributed by atoms with Gasteiger partial charge in [-0.2, -0.15) is 5.26 Å². The lowest BCUT2D eigenvalue weighted by molar-refractivity contribution is 0.0938. The SMILES string of the molecule is Cc1ccc(C(=O)NCC(C)(C)CN=C(NC#N)Nc2ccc(Cl)nc2)cc1. The molecule has 0 saturated carbocycles. The number of carbonyl (C=O) groups is 1. The van der Waals surface area contributed by atoms with Crippen LogP contribution in [0.3, 0.4) is 0 Å². The second kappa shape index (κ2) is 9.72. The predicted molar refractivity (Wildman–Crippen MR) is 111 cm³/mol. The quantitative estimate of drug-likeness (QED) is 0.228. The number of carbonyl (C=O) groups excluding carboxylic acids is 1. The molecule has 1 aromatic carbocycles. The van der Waals surface area contributed by atoms with Crippen molar-refractivity contribution in [1.82, 2.24) is 15.6 Å². The van der Waals surface area contributed by atoms with Crippen LogP contribution in [-0.2, 0) is 0 Å². The number of nitriles is 1.